The van der Waals surface area contributed by atoms with Crippen LogP contribution >= 0.6 is 0 Å². The molecule has 0 aromatic carbocycles. The van der Waals surface area contributed by atoms with E-state index in [2.05, 4.69) is 10.6 Å². The van der Waals surface area contributed by atoms with Crippen molar-refractivity contribution in [1.82, 2.24) is 21.3 Å². The Morgan fingerprint density at radius 1 is 0.750 bits per heavy atom. The van der Waals surface area contributed by atoms with Crippen LogP contribution in [0.5, 0.6) is 0 Å². The highest BCUT2D eigenvalue weighted by atomic mass is 16.4. The molecule has 0 unspecified atom stereocenters. The number of nitrogens with two attached hydrogens (primary N) is 1. The summed E-state index contributed by atoms with van der Waals surface area (Å²) < 4.78 is 0. The number of hydrogen-bond acceptors (Lipinski definition) is 9. The lowest BCUT2D eigenvalue weighted by atomic mass is 10.1. The summed E-state index contributed by atoms with van der Waals surface area (Å²) in [4.78, 5) is 79.1. The minimum atomic E-state index is -1.73. The highest BCUT2D eigenvalue weighted by molar-refractivity contribution is 5.93. The van der Waals surface area contributed by atoms with Crippen molar-refractivity contribution in [2.75, 3.05) is 19.7 Å². The average Bonchev–Trinajstić information content (AvgIpc) is 2.71. The zero-order chi connectivity index (χ0) is 24.8. The summed E-state index contributed by atoms with van der Waals surface area (Å²) in [7, 11) is 0. The Morgan fingerprint density at radius 3 is 1.69 bits per heavy atom. The van der Waals surface area contributed by atoms with Crippen LogP contribution in [0.2, 0.25) is 0 Å². The SMILES string of the molecule is N[C@@H](CCC(=O)O)C(=O)NCC(=O)N[C@@H](CO)C(=O)NCC(=O)N[C@@H](CC(=O)O)C(=O)O. The van der Waals surface area contributed by atoms with Crippen molar-refractivity contribution >= 4 is 41.5 Å². The van der Waals surface area contributed by atoms with Gasteiger partial charge in [-0.1, -0.05) is 0 Å². The molecule has 0 aliphatic heterocycles. The van der Waals surface area contributed by atoms with Gasteiger partial charge >= 0.3 is 17.9 Å². The van der Waals surface area contributed by atoms with Crippen molar-refractivity contribution in [3.63, 3.8) is 0 Å². The Labute approximate surface area is 180 Å². The fourth-order valence-corrected chi connectivity index (χ4v) is 2.06. The minimum Gasteiger partial charge on any atom is -0.481 e. The third-order valence-corrected chi connectivity index (χ3v) is 3.70. The zero-order valence-electron chi connectivity index (χ0n) is 16.7. The van der Waals surface area contributed by atoms with E-state index in [9.17, 15) is 38.7 Å². The lowest BCUT2D eigenvalue weighted by Crippen LogP contribution is -2.54. The molecule has 16 nitrogen and oxygen atoms in total. The van der Waals surface area contributed by atoms with Crippen molar-refractivity contribution in [3.05, 3.63) is 0 Å². The molecule has 0 aliphatic carbocycles. The van der Waals surface area contributed by atoms with Crippen molar-refractivity contribution in [2.24, 2.45) is 5.73 Å². The summed E-state index contributed by atoms with van der Waals surface area (Å²) in [5.74, 6) is -8.00. The summed E-state index contributed by atoms with van der Waals surface area (Å²) in [6.45, 7) is -2.30. The number of carbonyl (C=O) groups is 7. The number of nitrogens with one attached hydrogen (secondary N) is 4. The van der Waals surface area contributed by atoms with Gasteiger partial charge in [-0.25, -0.2) is 4.79 Å². The van der Waals surface area contributed by atoms with E-state index < -0.39 is 85.8 Å². The van der Waals surface area contributed by atoms with Crippen LogP contribution in [0.25, 0.3) is 0 Å². The summed E-state index contributed by atoms with van der Waals surface area (Å²) >= 11 is 0. The number of aliphatic hydroxyl groups is 1. The van der Waals surface area contributed by atoms with Crippen molar-refractivity contribution in [3.8, 4) is 0 Å². The van der Waals surface area contributed by atoms with Gasteiger partial charge in [0.15, 0.2) is 0 Å². The maximum absolute atomic E-state index is 12.0. The third kappa shape index (κ3) is 12.0. The van der Waals surface area contributed by atoms with Crippen molar-refractivity contribution in [1.29, 1.82) is 0 Å². The van der Waals surface area contributed by atoms with Gasteiger partial charge in [0.2, 0.25) is 23.6 Å². The molecule has 0 heterocycles. The fraction of sp³-hybridized carbons (Fsp3) is 0.562. The van der Waals surface area contributed by atoms with Gasteiger partial charge < -0.3 is 47.4 Å². The molecule has 0 aromatic rings. The minimum absolute atomic E-state index is 0.165. The van der Waals surface area contributed by atoms with Gasteiger partial charge in [0.25, 0.3) is 0 Å². The highest BCUT2D eigenvalue weighted by Gasteiger charge is 2.25. The normalized spacial score (nSPS) is 13.1. The molecule has 16 heteroatoms. The van der Waals surface area contributed by atoms with E-state index in [-0.39, 0.29) is 12.8 Å². The second kappa shape index (κ2) is 14.3. The molecular weight excluding hydrogens is 438 g/mol. The summed E-state index contributed by atoms with van der Waals surface area (Å²) in [5.41, 5.74) is 5.46. The van der Waals surface area contributed by atoms with Crippen LogP contribution in [0.15, 0.2) is 0 Å². The van der Waals surface area contributed by atoms with E-state index in [4.69, 9.17) is 21.1 Å². The molecule has 0 aromatic heterocycles. The molecule has 0 fully saturated rings. The molecule has 4 amide bonds. The van der Waals surface area contributed by atoms with E-state index in [1.807, 2.05) is 10.6 Å². The molecule has 180 valence electrons. The predicted molar refractivity (Wildman–Crippen MR) is 102 cm³/mol. The van der Waals surface area contributed by atoms with Gasteiger partial charge in [0, 0.05) is 6.42 Å². The van der Waals surface area contributed by atoms with Gasteiger partial charge in [-0.2, -0.15) is 0 Å². The molecule has 10 N–H and O–H groups in total. The van der Waals surface area contributed by atoms with Crippen LogP contribution in [-0.2, 0) is 33.6 Å². The number of aliphatic carboxylic acids is 3. The lowest BCUT2D eigenvalue weighted by molar-refractivity contribution is -0.147. The van der Waals surface area contributed by atoms with Gasteiger partial charge in [0.05, 0.1) is 32.2 Å². The van der Waals surface area contributed by atoms with E-state index in [1.54, 1.807) is 0 Å². The van der Waals surface area contributed by atoms with E-state index in [1.165, 1.54) is 0 Å². The van der Waals surface area contributed by atoms with Gasteiger partial charge in [0.1, 0.15) is 12.1 Å². The zero-order valence-corrected chi connectivity index (χ0v) is 16.7. The van der Waals surface area contributed by atoms with E-state index in [0.29, 0.717) is 0 Å². The number of carboxylic acids is 3. The first-order valence-electron chi connectivity index (χ1n) is 9.04. The second-order valence-corrected chi connectivity index (χ2v) is 6.33. The van der Waals surface area contributed by atoms with Crippen LogP contribution in [-0.4, -0.2) is 99.8 Å². The van der Waals surface area contributed by atoms with Gasteiger partial charge in [-0.05, 0) is 6.42 Å². The molecule has 0 bridgehead atoms. The average molecular weight is 463 g/mol. The predicted octanol–water partition coefficient (Wildman–Crippen LogP) is -5.07. The molecule has 0 saturated carbocycles. The Morgan fingerprint density at radius 2 is 1.25 bits per heavy atom. The Hall–Kier alpha value is -3.79. The Balaban J connectivity index is 4.51. The molecule has 0 aliphatic rings. The second-order valence-electron chi connectivity index (χ2n) is 6.33. The molecule has 32 heavy (non-hydrogen) atoms. The summed E-state index contributed by atoms with van der Waals surface area (Å²) in [5, 5.41) is 43.3. The standard InChI is InChI=1S/C16H25N5O11/c17-7(1-2-12(25)26)14(29)18-4-11(24)21-9(6-22)15(30)19-5-10(23)20-8(16(31)32)3-13(27)28/h7-9,22H,1-6,17H2,(H,18,29)(H,19,30)(H,20,23)(H,21,24)(H,25,26)(H,27,28)(H,31,32)/t7-,8-,9-/m0/s1. The number of amides is 4. The molecule has 3 atom stereocenters. The van der Waals surface area contributed by atoms with Crippen molar-refractivity contribution < 1.29 is 54.0 Å². The quantitative estimate of drug-likeness (QED) is 0.110. The van der Waals surface area contributed by atoms with Gasteiger partial charge in [-0.3, -0.25) is 28.8 Å². The molecule has 0 spiro atoms. The van der Waals surface area contributed by atoms with E-state index in [0.717, 1.165) is 0 Å². The summed E-state index contributed by atoms with van der Waals surface area (Å²) in [6.07, 6.45) is -1.41. The molecular formula is C16H25N5O11. The molecule has 0 rings (SSSR count). The lowest BCUT2D eigenvalue weighted by Gasteiger charge is -2.17. The first-order valence-corrected chi connectivity index (χ1v) is 9.04. The number of carbonyl (C=O) groups excluding carboxylic acids is 4. The Bertz CT molecular complexity index is 742. The van der Waals surface area contributed by atoms with Gasteiger partial charge in [-0.15, -0.1) is 0 Å². The fourth-order valence-electron chi connectivity index (χ4n) is 2.06. The largest absolute Gasteiger partial charge is 0.481 e. The first-order chi connectivity index (χ1) is 14.9. The number of aliphatic hydroxyl groups excluding tert-OH is 1. The van der Waals surface area contributed by atoms with Crippen LogP contribution in [0, 0.1) is 0 Å². The molecule has 0 radical (unpaired) electrons. The number of rotatable bonds is 15. The Kier molecular flexibility index (Phi) is 12.6. The third-order valence-electron chi connectivity index (χ3n) is 3.70. The number of hydrogen-bond donors (Lipinski definition) is 9. The van der Waals surface area contributed by atoms with Crippen LogP contribution in [0.3, 0.4) is 0 Å². The smallest absolute Gasteiger partial charge is 0.326 e. The number of carboxylic acid groups (broad SMARTS) is 3. The highest BCUT2D eigenvalue weighted by Crippen LogP contribution is 1.95. The maximum Gasteiger partial charge on any atom is 0.326 e. The van der Waals surface area contributed by atoms with Crippen LogP contribution in [0.4, 0.5) is 0 Å². The summed E-state index contributed by atoms with van der Waals surface area (Å²) in [6, 6.07) is -4.43. The first kappa shape index (κ1) is 28.2. The van der Waals surface area contributed by atoms with Crippen LogP contribution in [0.1, 0.15) is 19.3 Å². The van der Waals surface area contributed by atoms with E-state index >= 15 is 0 Å². The maximum atomic E-state index is 12.0. The molecule has 0 saturated heterocycles. The monoisotopic (exact) mass is 463 g/mol. The topological polar surface area (TPSA) is 275 Å². The van der Waals surface area contributed by atoms with Crippen LogP contribution < -0.4 is 27.0 Å². The van der Waals surface area contributed by atoms with Crippen molar-refractivity contribution in [2.45, 2.75) is 37.4 Å².